The molecule has 0 aromatic rings. The maximum Gasteiger partial charge on any atom is 0.0465 e. The first-order chi connectivity index (χ1) is 4.93. The van der Waals surface area contributed by atoms with Crippen LogP contribution in [0.3, 0.4) is 0 Å². The fraction of sp³-hybridized carbons (Fsp3) is 0.778. The Hall–Kier alpha value is -0.300. The predicted molar refractivity (Wildman–Crippen MR) is 43.0 cm³/mol. The fourth-order valence-electron chi connectivity index (χ4n) is 1.40. The van der Waals surface area contributed by atoms with Crippen LogP contribution in [-0.4, -0.2) is 13.7 Å². The van der Waals surface area contributed by atoms with Crippen LogP contribution in [0, 0.1) is 5.92 Å². The minimum atomic E-state index is 0.893. The lowest BCUT2D eigenvalue weighted by Crippen LogP contribution is -2.05. The molecule has 0 bridgehead atoms. The van der Waals surface area contributed by atoms with Crippen molar-refractivity contribution in [3.05, 3.63) is 12.2 Å². The van der Waals surface area contributed by atoms with E-state index >= 15 is 0 Å². The summed E-state index contributed by atoms with van der Waals surface area (Å²) >= 11 is 0. The standard InChI is InChI=1S/C9H16O/c1-10-8-7-9-5-3-2-4-6-9/h2-3,9H,4-8H2,1H3. The number of hydrogen-bond donors (Lipinski definition) is 0. The van der Waals surface area contributed by atoms with Gasteiger partial charge < -0.3 is 4.74 Å². The molecule has 0 saturated carbocycles. The fourth-order valence-corrected chi connectivity index (χ4v) is 1.40. The summed E-state index contributed by atoms with van der Waals surface area (Å²) in [5.41, 5.74) is 0. The van der Waals surface area contributed by atoms with Gasteiger partial charge in [0.05, 0.1) is 0 Å². The first-order valence-electron chi connectivity index (χ1n) is 4.07. The Morgan fingerprint density at radius 1 is 1.50 bits per heavy atom. The Morgan fingerprint density at radius 2 is 2.40 bits per heavy atom. The van der Waals surface area contributed by atoms with Crippen molar-refractivity contribution in [2.24, 2.45) is 5.92 Å². The molecule has 0 aromatic carbocycles. The van der Waals surface area contributed by atoms with Crippen molar-refractivity contribution in [1.82, 2.24) is 0 Å². The van der Waals surface area contributed by atoms with Crippen LogP contribution >= 0.6 is 0 Å². The minimum absolute atomic E-state index is 0.893. The van der Waals surface area contributed by atoms with Crippen molar-refractivity contribution in [3.8, 4) is 0 Å². The van der Waals surface area contributed by atoms with Gasteiger partial charge in [0.25, 0.3) is 0 Å². The van der Waals surface area contributed by atoms with Crippen molar-refractivity contribution in [1.29, 1.82) is 0 Å². The van der Waals surface area contributed by atoms with E-state index in [9.17, 15) is 0 Å². The third kappa shape index (κ3) is 2.53. The molecular formula is C9H16O. The third-order valence-electron chi connectivity index (χ3n) is 2.11. The molecule has 1 atom stereocenters. The van der Waals surface area contributed by atoms with Crippen molar-refractivity contribution >= 4 is 0 Å². The van der Waals surface area contributed by atoms with Gasteiger partial charge >= 0.3 is 0 Å². The summed E-state index contributed by atoms with van der Waals surface area (Å²) in [5.74, 6) is 0.893. The van der Waals surface area contributed by atoms with Gasteiger partial charge in [-0.25, -0.2) is 0 Å². The van der Waals surface area contributed by atoms with Gasteiger partial charge in [0.1, 0.15) is 0 Å². The maximum absolute atomic E-state index is 5.02. The topological polar surface area (TPSA) is 9.23 Å². The van der Waals surface area contributed by atoms with Gasteiger partial charge in [-0.05, 0) is 31.6 Å². The summed E-state index contributed by atoms with van der Waals surface area (Å²) < 4.78 is 5.02. The van der Waals surface area contributed by atoms with Crippen LogP contribution in [0.1, 0.15) is 25.7 Å². The Labute approximate surface area is 63.1 Å². The lowest BCUT2D eigenvalue weighted by molar-refractivity contribution is 0.174. The Kier molecular flexibility index (Phi) is 3.52. The molecule has 0 aliphatic heterocycles. The van der Waals surface area contributed by atoms with E-state index in [0.717, 1.165) is 12.5 Å². The van der Waals surface area contributed by atoms with E-state index in [4.69, 9.17) is 4.74 Å². The van der Waals surface area contributed by atoms with Crippen molar-refractivity contribution in [2.45, 2.75) is 25.7 Å². The van der Waals surface area contributed by atoms with E-state index in [1.165, 1.54) is 25.7 Å². The van der Waals surface area contributed by atoms with Gasteiger partial charge in [-0.15, -0.1) is 0 Å². The second kappa shape index (κ2) is 4.51. The largest absolute Gasteiger partial charge is 0.385 e. The normalized spacial score (nSPS) is 25.1. The molecule has 0 amide bonds. The SMILES string of the molecule is COCCC1CC=CCC1. The van der Waals surface area contributed by atoms with Crippen LogP contribution in [0.25, 0.3) is 0 Å². The zero-order valence-electron chi connectivity index (χ0n) is 6.68. The molecule has 1 heteroatoms. The molecule has 1 unspecified atom stereocenters. The quantitative estimate of drug-likeness (QED) is 0.547. The lowest BCUT2D eigenvalue weighted by atomic mass is 9.92. The molecule has 10 heavy (non-hydrogen) atoms. The van der Waals surface area contributed by atoms with Gasteiger partial charge in [0.15, 0.2) is 0 Å². The molecule has 0 aromatic heterocycles. The van der Waals surface area contributed by atoms with Crippen LogP contribution in [0.2, 0.25) is 0 Å². The van der Waals surface area contributed by atoms with Crippen molar-refractivity contribution < 1.29 is 4.74 Å². The summed E-state index contributed by atoms with van der Waals surface area (Å²) in [6.07, 6.45) is 9.71. The highest BCUT2D eigenvalue weighted by molar-refractivity contribution is 4.89. The van der Waals surface area contributed by atoms with Crippen LogP contribution < -0.4 is 0 Å². The summed E-state index contributed by atoms with van der Waals surface area (Å²) in [6, 6.07) is 0. The van der Waals surface area contributed by atoms with Gasteiger partial charge in [-0.3, -0.25) is 0 Å². The Bertz CT molecular complexity index is 107. The Balaban J connectivity index is 2.10. The number of rotatable bonds is 3. The highest BCUT2D eigenvalue weighted by atomic mass is 16.5. The molecule has 58 valence electrons. The highest BCUT2D eigenvalue weighted by Gasteiger charge is 2.08. The molecule has 0 heterocycles. The van der Waals surface area contributed by atoms with Crippen LogP contribution in [-0.2, 0) is 4.74 Å². The summed E-state index contributed by atoms with van der Waals surface area (Å²) in [4.78, 5) is 0. The van der Waals surface area contributed by atoms with Gasteiger partial charge in [-0.1, -0.05) is 12.2 Å². The average Bonchev–Trinajstić information content (AvgIpc) is 2.03. The number of hydrogen-bond acceptors (Lipinski definition) is 1. The van der Waals surface area contributed by atoms with Crippen LogP contribution in [0.5, 0.6) is 0 Å². The number of allylic oxidation sites excluding steroid dienone is 2. The van der Waals surface area contributed by atoms with Crippen molar-refractivity contribution in [2.75, 3.05) is 13.7 Å². The average molecular weight is 140 g/mol. The van der Waals surface area contributed by atoms with Crippen molar-refractivity contribution in [3.63, 3.8) is 0 Å². The zero-order valence-corrected chi connectivity index (χ0v) is 6.68. The van der Waals surface area contributed by atoms with Gasteiger partial charge in [0, 0.05) is 13.7 Å². The first kappa shape index (κ1) is 7.80. The molecular weight excluding hydrogens is 124 g/mol. The predicted octanol–water partition coefficient (Wildman–Crippen LogP) is 2.38. The summed E-state index contributed by atoms with van der Waals surface area (Å²) in [5, 5.41) is 0. The van der Waals surface area contributed by atoms with E-state index in [1.807, 2.05) is 0 Å². The summed E-state index contributed by atoms with van der Waals surface area (Å²) in [7, 11) is 1.78. The lowest BCUT2D eigenvalue weighted by Gasteiger charge is -2.16. The van der Waals surface area contributed by atoms with E-state index in [2.05, 4.69) is 12.2 Å². The molecule has 0 fully saturated rings. The second-order valence-electron chi connectivity index (χ2n) is 2.93. The van der Waals surface area contributed by atoms with E-state index < -0.39 is 0 Å². The van der Waals surface area contributed by atoms with Gasteiger partial charge in [-0.2, -0.15) is 0 Å². The van der Waals surface area contributed by atoms with Crippen LogP contribution in [0.4, 0.5) is 0 Å². The van der Waals surface area contributed by atoms with E-state index in [-0.39, 0.29) is 0 Å². The number of methoxy groups -OCH3 is 1. The second-order valence-corrected chi connectivity index (χ2v) is 2.93. The molecule has 1 rings (SSSR count). The van der Waals surface area contributed by atoms with E-state index in [1.54, 1.807) is 7.11 Å². The molecule has 0 spiro atoms. The third-order valence-corrected chi connectivity index (χ3v) is 2.11. The first-order valence-corrected chi connectivity index (χ1v) is 4.07. The number of ether oxygens (including phenoxy) is 1. The molecule has 0 radical (unpaired) electrons. The Morgan fingerprint density at radius 3 is 3.00 bits per heavy atom. The molecule has 1 nitrogen and oxygen atoms in total. The molecule has 0 saturated heterocycles. The molecule has 1 aliphatic carbocycles. The molecule has 1 aliphatic rings. The highest BCUT2D eigenvalue weighted by Crippen LogP contribution is 2.20. The minimum Gasteiger partial charge on any atom is -0.385 e. The monoisotopic (exact) mass is 140 g/mol. The summed E-state index contributed by atoms with van der Waals surface area (Å²) in [6.45, 7) is 0.929. The zero-order chi connectivity index (χ0) is 7.23. The van der Waals surface area contributed by atoms with Gasteiger partial charge in [0.2, 0.25) is 0 Å². The van der Waals surface area contributed by atoms with Crippen LogP contribution in [0.15, 0.2) is 12.2 Å². The van der Waals surface area contributed by atoms with E-state index in [0.29, 0.717) is 0 Å². The smallest absolute Gasteiger partial charge is 0.0465 e. The maximum atomic E-state index is 5.02. The molecule has 0 N–H and O–H groups in total.